The number of aromatic nitrogens is 2. The van der Waals surface area contributed by atoms with Crippen LogP contribution in [0.2, 0.25) is 0 Å². The van der Waals surface area contributed by atoms with Gasteiger partial charge in [-0.3, -0.25) is 4.98 Å². The second-order valence-electron chi connectivity index (χ2n) is 3.58. The SMILES string of the molecule is FC(F)(F)Oc1cn[c-]cn1.NC1CCCC1.[Na+]. The van der Waals surface area contributed by atoms with E-state index in [1.54, 1.807) is 0 Å². The molecular formula is C10H13F3N3NaO. The summed E-state index contributed by atoms with van der Waals surface area (Å²) in [5.74, 6) is -0.587. The molecule has 8 heteroatoms. The van der Waals surface area contributed by atoms with Gasteiger partial charge in [0.25, 0.3) is 0 Å². The van der Waals surface area contributed by atoms with Crippen LogP contribution in [0.1, 0.15) is 25.7 Å². The molecule has 0 aromatic carbocycles. The van der Waals surface area contributed by atoms with Gasteiger partial charge in [-0.2, -0.15) is 0 Å². The van der Waals surface area contributed by atoms with Crippen molar-refractivity contribution < 1.29 is 47.5 Å². The Morgan fingerprint density at radius 1 is 1.33 bits per heavy atom. The molecule has 0 radical (unpaired) electrons. The quantitative estimate of drug-likeness (QED) is 0.529. The van der Waals surface area contributed by atoms with Crippen LogP contribution in [0.5, 0.6) is 5.88 Å². The largest absolute Gasteiger partial charge is 1.00 e. The second-order valence-corrected chi connectivity index (χ2v) is 3.58. The van der Waals surface area contributed by atoms with Crippen molar-refractivity contribution in [2.75, 3.05) is 0 Å². The van der Waals surface area contributed by atoms with Gasteiger partial charge in [-0.1, -0.05) is 19.0 Å². The van der Waals surface area contributed by atoms with E-state index in [4.69, 9.17) is 5.73 Å². The molecule has 1 fully saturated rings. The summed E-state index contributed by atoms with van der Waals surface area (Å²) in [5.41, 5.74) is 5.53. The zero-order valence-electron chi connectivity index (χ0n) is 10.1. The summed E-state index contributed by atoms with van der Waals surface area (Å²) >= 11 is 0. The van der Waals surface area contributed by atoms with E-state index in [9.17, 15) is 13.2 Å². The fourth-order valence-electron chi connectivity index (χ4n) is 1.38. The van der Waals surface area contributed by atoms with Crippen molar-refractivity contribution in [2.45, 2.75) is 38.1 Å². The van der Waals surface area contributed by atoms with Crippen LogP contribution >= 0.6 is 0 Å². The van der Waals surface area contributed by atoms with Gasteiger partial charge in [0.2, 0.25) is 0 Å². The van der Waals surface area contributed by atoms with Gasteiger partial charge in [0.05, 0.1) is 0 Å². The maximum Gasteiger partial charge on any atom is 1.00 e. The molecule has 0 atom stereocenters. The van der Waals surface area contributed by atoms with Crippen LogP contribution in [0.15, 0.2) is 12.4 Å². The molecule has 0 spiro atoms. The molecule has 2 rings (SSSR count). The van der Waals surface area contributed by atoms with E-state index >= 15 is 0 Å². The molecule has 1 heterocycles. The molecule has 0 aliphatic heterocycles. The van der Waals surface area contributed by atoms with Gasteiger partial charge in [-0.05, 0) is 19.0 Å². The van der Waals surface area contributed by atoms with Gasteiger partial charge in [0, 0.05) is 6.04 Å². The predicted molar refractivity (Wildman–Crippen MR) is 54.0 cm³/mol. The van der Waals surface area contributed by atoms with Crippen LogP contribution in [-0.2, 0) is 0 Å². The monoisotopic (exact) mass is 271 g/mol. The summed E-state index contributed by atoms with van der Waals surface area (Å²) < 4.78 is 37.7. The summed E-state index contributed by atoms with van der Waals surface area (Å²) in [6, 6.07) is 0.546. The third-order valence-electron chi connectivity index (χ3n) is 2.12. The topological polar surface area (TPSA) is 61.0 Å². The predicted octanol–water partition coefficient (Wildman–Crippen LogP) is -0.933. The van der Waals surface area contributed by atoms with E-state index in [1.807, 2.05) is 0 Å². The fourth-order valence-corrected chi connectivity index (χ4v) is 1.38. The zero-order valence-corrected chi connectivity index (χ0v) is 12.1. The average Bonchev–Trinajstić information content (AvgIpc) is 2.69. The average molecular weight is 271 g/mol. The minimum Gasteiger partial charge on any atom is -0.453 e. The number of rotatable bonds is 1. The van der Waals surface area contributed by atoms with Gasteiger partial charge in [0.15, 0.2) is 5.88 Å². The molecule has 1 saturated carbocycles. The van der Waals surface area contributed by atoms with Crippen LogP contribution in [0.4, 0.5) is 13.2 Å². The molecule has 4 nitrogen and oxygen atoms in total. The first-order valence-corrected chi connectivity index (χ1v) is 5.17. The molecule has 2 N–H and O–H groups in total. The van der Waals surface area contributed by atoms with Gasteiger partial charge >= 0.3 is 35.9 Å². The van der Waals surface area contributed by atoms with Crippen molar-refractivity contribution in [2.24, 2.45) is 5.73 Å². The Morgan fingerprint density at radius 2 is 1.94 bits per heavy atom. The van der Waals surface area contributed by atoms with Crippen molar-refractivity contribution in [1.82, 2.24) is 9.97 Å². The Hall–Kier alpha value is -0.370. The van der Waals surface area contributed by atoms with Gasteiger partial charge in [-0.25, -0.2) is 0 Å². The van der Waals surface area contributed by atoms with Crippen LogP contribution in [0, 0.1) is 6.20 Å². The van der Waals surface area contributed by atoms with Crippen LogP contribution in [0.25, 0.3) is 0 Å². The van der Waals surface area contributed by atoms with E-state index in [-0.39, 0.29) is 29.6 Å². The van der Waals surface area contributed by atoms with Crippen LogP contribution < -0.4 is 40.0 Å². The Morgan fingerprint density at radius 3 is 2.28 bits per heavy atom. The Labute approximate surface area is 125 Å². The zero-order chi connectivity index (χ0) is 12.7. The van der Waals surface area contributed by atoms with E-state index < -0.39 is 12.2 Å². The van der Waals surface area contributed by atoms with Gasteiger partial charge < -0.3 is 15.5 Å². The fraction of sp³-hybridized carbons (Fsp3) is 0.600. The molecule has 18 heavy (non-hydrogen) atoms. The number of halogens is 3. The minimum absolute atomic E-state index is 0. The van der Waals surface area contributed by atoms with Gasteiger partial charge in [0.1, 0.15) is 0 Å². The first kappa shape index (κ1) is 17.6. The third kappa shape index (κ3) is 8.68. The van der Waals surface area contributed by atoms with E-state index in [2.05, 4.69) is 20.9 Å². The molecule has 0 saturated heterocycles. The maximum atomic E-state index is 11.4. The summed E-state index contributed by atoms with van der Waals surface area (Å²) in [4.78, 5) is 6.46. The smallest absolute Gasteiger partial charge is 0.453 e. The van der Waals surface area contributed by atoms with Crippen molar-refractivity contribution >= 4 is 0 Å². The molecular weight excluding hydrogens is 258 g/mol. The molecule has 1 aromatic rings. The van der Waals surface area contributed by atoms with E-state index in [1.165, 1.54) is 25.7 Å². The number of ether oxygens (including phenoxy) is 1. The first-order chi connectivity index (χ1) is 7.97. The van der Waals surface area contributed by atoms with Crippen molar-refractivity contribution in [3.8, 4) is 5.88 Å². The van der Waals surface area contributed by atoms with Crippen LogP contribution in [0.3, 0.4) is 0 Å². The summed E-state index contributed by atoms with van der Waals surface area (Å²) in [6.45, 7) is 0. The van der Waals surface area contributed by atoms with E-state index in [0.717, 1.165) is 12.4 Å². The molecule has 0 unspecified atom stereocenters. The van der Waals surface area contributed by atoms with Crippen molar-refractivity contribution in [1.29, 1.82) is 0 Å². The molecule has 1 aromatic heterocycles. The minimum atomic E-state index is -4.71. The maximum absolute atomic E-state index is 11.4. The third-order valence-corrected chi connectivity index (χ3v) is 2.12. The number of nitrogens with two attached hydrogens (primary N) is 1. The molecule has 96 valence electrons. The number of hydrogen-bond acceptors (Lipinski definition) is 4. The van der Waals surface area contributed by atoms with Gasteiger partial charge in [-0.15, -0.1) is 19.4 Å². The van der Waals surface area contributed by atoms with E-state index in [0.29, 0.717) is 6.04 Å². The molecule has 1 aliphatic rings. The molecule has 1 aliphatic carbocycles. The Kier molecular flexibility index (Phi) is 8.51. The van der Waals surface area contributed by atoms with Crippen molar-refractivity contribution in [3.63, 3.8) is 0 Å². The molecule has 0 bridgehead atoms. The van der Waals surface area contributed by atoms with Crippen LogP contribution in [-0.4, -0.2) is 22.4 Å². The molecule has 0 amide bonds. The number of hydrogen-bond donors (Lipinski definition) is 1. The normalized spacial score (nSPS) is 15.3. The summed E-state index contributed by atoms with van der Waals surface area (Å²) in [6.07, 6.45) is 4.56. The Bertz CT molecular complexity index is 318. The standard InChI is InChI=1S/C5H2F3N2O.C5H11N.Na/c6-5(7,8)11-4-3-9-1-2-10-4;6-5-3-1-2-4-5;/h2-3H;5H,1-4,6H2;/q-1;;+1. The Balaban J connectivity index is 0.000000352. The number of nitrogens with zero attached hydrogens (tertiary/aromatic N) is 2. The summed E-state index contributed by atoms with van der Waals surface area (Å²) in [5, 5.41) is 0. The second kappa shape index (κ2) is 8.68. The number of alkyl halides is 3. The first-order valence-electron chi connectivity index (χ1n) is 5.17. The van der Waals surface area contributed by atoms with Crippen molar-refractivity contribution in [3.05, 3.63) is 18.6 Å². The summed E-state index contributed by atoms with van der Waals surface area (Å²) in [7, 11) is 0.